The van der Waals surface area contributed by atoms with E-state index in [0.29, 0.717) is 6.54 Å². The Morgan fingerprint density at radius 2 is 2.21 bits per heavy atom. The first-order chi connectivity index (χ1) is 8.97. The molecular formula is C12H16ClN3O3. The minimum atomic E-state index is -0.580. The van der Waals surface area contributed by atoms with Crippen molar-refractivity contribution < 1.29 is 9.72 Å². The Labute approximate surface area is 116 Å². The van der Waals surface area contributed by atoms with Crippen LogP contribution in [0.15, 0.2) is 18.2 Å². The van der Waals surface area contributed by atoms with Gasteiger partial charge in [0.15, 0.2) is 0 Å². The molecule has 19 heavy (non-hydrogen) atoms. The van der Waals surface area contributed by atoms with Crippen LogP contribution in [0.4, 0.5) is 11.4 Å². The lowest BCUT2D eigenvalue weighted by molar-refractivity contribution is -0.383. The van der Waals surface area contributed by atoms with E-state index in [2.05, 4.69) is 10.6 Å². The molecule has 0 heterocycles. The summed E-state index contributed by atoms with van der Waals surface area (Å²) in [6.07, 6.45) is 0.829. The Morgan fingerprint density at radius 1 is 1.53 bits per heavy atom. The van der Waals surface area contributed by atoms with Crippen molar-refractivity contribution in [2.24, 2.45) is 0 Å². The van der Waals surface area contributed by atoms with Crippen LogP contribution in [0.1, 0.15) is 20.3 Å². The maximum Gasteiger partial charge on any atom is 0.310 e. The Bertz CT molecular complexity index is 479. The van der Waals surface area contributed by atoms with Crippen LogP contribution < -0.4 is 10.6 Å². The summed E-state index contributed by atoms with van der Waals surface area (Å²) in [5, 5.41) is 16.5. The Morgan fingerprint density at radius 3 is 2.79 bits per heavy atom. The molecule has 0 aromatic heterocycles. The highest BCUT2D eigenvalue weighted by molar-refractivity contribution is 6.33. The number of carbonyl (C=O) groups is 1. The van der Waals surface area contributed by atoms with E-state index >= 15 is 0 Å². The first-order valence-electron chi connectivity index (χ1n) is 5.94. The number of hydrogen-bond donors (Lipinski definition) is 2. The SMILES string of the molecule is CCCNC(=O)C(C)Nc1cccc(Cl)c1[N+](=O)[O-]. The number of halogens is 1. The third kappa shape index (κ3) is 4.10. The molecule has 0 bridgehead atoms. The number of carbonyl (C=O) groups excluding carboxylic acids is 1. The summed E-state index contributed by atoms with van der Waals surface area (Å²) >= 11 is 5.79. The lowest BCUT2D eigenvalue weighted by Crippen LogP contribution is -2.38. The molecule has 1 atom stereocenters. The molecule has 0 aliphatic rings. The summed E-state index contributed by atoms with van der Waals surface area (Å²) < 4.78 is 0. The molecule has 0 aliphatic carbocycles. The van der Waals surface area contributed by atoms with Crippen molar-refractivity contribution in [3.05, 3.63) is 33.3 Å². The van der Waals surface area contributed by atoms with E-state index in [1.807, 2.05) is 6.92 Å². The number of nitro benzene ring substituents is 1. The van der Waals surface area contributed by atoms with Gasteiger partial charge in [-0.25, -0.2) is 0 Å². The van der Waals surface area contributed by atoms with Crippen LogP contribution in [0, 0.1) is 10.1 Å². The van der Waals surface area contributed by atoms with Gasteiger partial charge in [-0.2, -0.15) is 0 Å². The third-order valence-corrected chi connectivity index (χ3v) is 2.79. The highest BCUT2D eigenvalue weighted by Gasteiger charge is 2.21. The molecule has 1 rings (SSSR count). The molecule has 1 unspecified atom stereocenters. The molecular weight excluding hydrogens is 270 g/mol. The fourth-order valence-corrected chi connectivity index (χ4v) is 1.76. The number of hydrogen-bond acceptors (Lipinski definition) is 4. The van der Waals surface area contributed by atoms with Gasteiger partial charge in [0.05, 0.1) is 4.92 Å². The van der Waals surface area contributed by atoms with Gasteiger partial charge in [-0.1, -0.05) is 24.6 Å². The second-order valence-electron chi connectivity index (χ2n) is 4.05. The maximum atomic E-state index is 11.7. The van der Waals surface area contributed by atoms with Gasteiger partial charge >= 0.3 is 5.69 Å². The largest absolute Gasteiger partial charge is 0.368 e. The number of nitro groups is 1. The predicted octanol–water partition coefficient (Wildman–Crippen LogP) is 2.57. The van der Waals surface area contributed by atoms with E-state index in [0.717, 1.165) is 6.42 Å². The Hall–Kier alpha value is -1.82. The Kier molecular flexibility index (Phi) is 5.57. The zero-order valence-electron chi connectivity index (χ0n) is 10.8. The van der Waals surface area contributed by atoms with Gasteiger partial charge in [-0.15, -0.1) is 0 Å². The normalized spacial score (nSPS) is 11.7. The third-order valence-electron chi connectivity index (χ3n) is 2.48. The molecule has 0 radical (unpaired) electrons. The minimum Gasteiger partial charge on any atom is -0.368 e. The van der Waals surface area contributed by atoms with Crippen LogP contribution >= 0.6 is 11.6 Å². The van der Waals surface area contributed by atoms with Gasteiger partial charge < -0.3 is 10.6 Å². The fraction of sp³-hybridized carbons (Fsp3) is 0.417. The summed E-state index contributed by atoms with van der Waals surface area (Å²) in [7, 11) is 0. The molecule has 104 valence electrons. The first-order valence-corrected chi connectivity index (χ1v) is 6.32. The highest BCUT2D eigenvalue weighted by Crippen LogP contribution is 2.32. The molecule has 0 saturated carbocycles. The summed E-state index contributed by atoms with van der Waals surface area (Å²) in [4.78, 5) is 22.1. The zero-order chi connectivity index (χ0) is 14.4. The monoisotopic (exact) mass is 285 g/mol. The van der Waals surface area contributed by atoms with Crippen LogP contribution in [0.3, 0.4) is 0 Å². The van der Waals surface area contributed by atoms with E-state index < -0.39 is 11.0 Å². The van der Waals surface area contributed by atoms with Crippen molar-refractivity contribution in [3.63, 3.8) is 0 Å². The molecule has 7 heteroatoms. The van der Waals surface area contributed by atoms with Gasteiger partial charge in [0.1, 0.15) is 16.8 Å². The van der Waals surface area contributed by atoms with Crippen molar-refractivity contribution in [1.82, 2.24) is 5.32 Å². The van der Waals surface area contributed by atoms with Crippen LogP contribution in [0.2, 0.25) is 5.02 Å². The molecule has 0 saturated heterocycles. The van der Waals surface area contributed by atoms with E-state index in [-0.39, 0.29) is 22.3 Å². The second-order valence-corrected chi connectivity index (χ2v) is 4.46. The van der Waals surface area contributed by atoms with Gasteiger partial charge in [-0.05, 0) is 25.5 Å². The number of nitrogens with one attached hydrogen (secondary N) is 2. The predicted molar refractivity (Wildman–Crippen MR) is 74.5 cm³/mol. The molecule has 1 aromatic carbocycles. The Balaban J connectivity index is 2.85. The standard InChI is InChI=1S/C12H16ClN3O3/c1-3-7-14-12(17)8(2)15-10-6-4-5-9(13)11(10)16(18)19/h4-6,8,15H,3,7H2,1-2H3,(H,14,17). The number of para-hydroxylation sites is 1. The number of rotatable bonds is 6. The van der Waals surface area contributed by atoms with E-state index in [1.54, 1.807) is 13.0 Å². The summed E-state index contributed by atoms with van der Waals surface area (Å²) in [6.45, 7) is 4.15. The van der Waals surface area contributed by atoms with Crippen molar-refractivity contribution in [3.8, 4) is 0 Å². The number of amides is 1. The van der Waals surface area contributed by atoms with E-state index in [4.69, 9.17) is 11.6 Å². The zero-order valence-corrected chi connectivity index (χ0v) is 11.5. The maximum absolute atomic E-state index is 11.7. The second kappa shape index (κ2) is 6.94. The summed E-state index contributed by atoms with van der Waals surface area (Å²) in [6, 6.07) is 3.97. The van der Waals surface area contributed by atoms with Crippen molar-refractivity contribution in [2.45, 2.75) is 26.3 Å². The van der Waals surface area contributed by atoms with Crippen LogP contribution in [-0.2, 0) is 4.79 Å². The lowest BCUT2D eigenvalue weighted by atomic mass is 10.2. The molecule has 1 amide bonds. The molecule has 0 fully saturated rings. The molecule has 2 N–H and O–H groups in total. The van der Waals surface area contributed by atoms with Gasteiger partial charge in [0, 0.05) is 6.54 Å². The molecule has 1 aromatic rings. The smallest absolute Gasteiger partial charge is 0.310 e. The quantitative estimate of drug-likeness (QED) is 0.621. The van der Waals surface area contributed by atoms with Gasteiger partial charge in [0.2, 0.25) is 5.91 Å². The van der Waals surface area contributed by atoms with Crippen LogP contribution in [0.5, 0.6) is 0 Å². The average molecular weight is 286 g/mol. The topological polar surface area (TPSA) is 84.3 Å². The molecule has 0 aliphatic heterocycles. The van der Waals surface area contributed by atoms with E-state index in [9.17, 15) is 14.9 Å². The lowest BCUT2D eigenvalue weighted by Gasteiger charge is -2.15. The molecule has 0 spiro atoms. The number of anilines is 1. The van der Waals surface area contributed by atoms with Gasteiger partial charge in [0.25, 0.3) is 0 Å². The van der Waals surface area contributed by atoms with Crippen molar-refractivity contribution >= 4 is 28.9 Å². The van der Waals surface area contributed by atoms with Crippen LogP contribution in [0.25, 0.3) is 0 Å². The van der Waals surface area contributed by atoms with Crippen molar-refractivity contribution in [1.29, 1.82) is 0 Å². The number of benzene rings is 1. The average Bonchev–Trinajstić information content (AvgIpc) is 2.35. The van der Waals surface area contributed by atoms with Gasteiger partial charge in [-0.3, -0.25) is 14.9 Å². The first kappa shape index (κ1) is 15.2. The number of nitrogens with zero attached hydrogens (tertiary/aromatic N) is 1. The minimum absolute atomic E-state index is 0.0381. The fourth-order valence-electron chi connectivity index (χ4n) is 1.52. The summed E-state index contributed by atoms with van der Waals surface area (Å²) in [5.41, 5.74) is 0.0101. The van der Waals surface area contributed by atoms with Crippen LogP contribution in [-0.4, -0.2) is 23.4 Å². The van der Waals surface area contributed by atoms with Crippen molar-refractivity contribution in [2.75, 3.05) is 11.9 Å². The summed E-state index contributed by atoms with van der Waals surface area (Å²) in [5.74, 6) is -0.212. The highest BCUT2D eigenvalue weighted by atomic mass is 35.5. The van der Waals surface area contributed by atoms with E-state index in [1.165, 1.54) is 12.1 Å². The molecule has 6 nitrogen and oxygen atoms in total.